The van der Waals surface area contributed by atoms with Crippen molar-refractivity contribution in [2.45, 2.75) is 33.2 Å². The van der Waals surface area contributed by atoms with Crippen LogP contribution >= 0.6 is 0 Å². The van der Waals surface area contributed by atoms with Gasteiger partial charge in [-0.3, -0.25) is 24.2 Å². The minimum atomic E-state index is -0.482. The summed E-state index contributed by atoms with van der Waals surface area (Å²) in [4.78, 5) is 37.7. The fourth-order valence-corrected chi connectivity index (χ4v) is 2.46. The van der Waals surface area contributed by atoms with E-state index in [4.69, 9.17) is 4.74 Å². The van der Waals surface area contributed by atoms with Crippen molar-refractivity contribution in [1.82, 2.24) is 15.1 Å². The molecule has 1 aliphatic heterocycles. The molecule has 1 unspecified atom stereocenters. The molecular weight excluding hydrogens is 314 g/mol. The van der Waals surface area contributed by atoms with Crippen molar-refractivity contribution in [2.75, 3.05) is 52.4 Å². The van der Waals surface area contributed by atoms with E-state index in [-0.39, 0.29) is 25.1 Å². The first kappa shape index (κ1) is 20.5. The highest BCUT2D eigenvalue weighted by atomic mass is 16.6. The third-order valence-corrected chi connectivity index (χ3v) is 3.84. The highest BCUT2D eigenvalue weighted by Gasteiger charge is 2.24. The zero-order valence-corrected chi connectivity index (χ0v) is 14.9. The smallest absolute Gasteiger partial charge is 0.327 e. The molecule has 1 atom stereocenters. The number of nitrogens with one attached hydrogen (secondary N) is 1. The standard InChI is InChI=1S/C16H29N3O5/c1-4-18(10-14(20)23-5-2)9-7-17-13(3)6-8-19-11-15(21)24-16(22)12-19/h13,17H,4-12H2,1-3H3. The Kier molecular flexibility index (Phi) is 9.51. The van der Waals surface area contributed by atoms with E-state index < -0.39 is 11.9 Å². The number of carbonyl (C=O) groups is 3. The van der Waals surface area contributed by atoms with Crippen molar-refractivity contribution in [1.29, 1.82) is 0 Å². The molecule has 0 radical (unpaired) electrons. The highest BCUT2D eigenvalue weighted by molar-refractivity contribution is 5.90. The summed E-state index contributed by atoms with van der Waals surface area (Å²) in [6.07, 6.45) is 0.824. The minimum Gasteiger partial charge on any atom is -0.465 e. The molecule has 138 valence electrons. The third kappa shape index (κ3) is 8.37. The maximum absolute atomic E-state index is 11.5. The van der Waals surface area contributed by atoms with Gasteiger partial charge in [-0.05, 0) is 26.8 Å². The van der Waals surface area contributed by atoms with Crippen LogP contribution in [0.4, 0.5) is 0 Å². The molecule has 0 aliphatic carbocycles. The summed E-state index contributed by atoms with van der Waals surface area (Å²) in [7, 11) is 0. The van der Waals surface area contributed by atoms with Crippen LogP contribution in [0.5, 0.6) is 0 Å². The Balaban J connectivity index is 2.18. The molecule has 1 N–H and O–H groups in total. The number of rotatable bonds is 11. The lowest BCUT2D eigenvalue weighted by molar-refractivity contribution is -0.166. The summed E-state index contributed by atoms with van der Waals surface area (Å²) in [6, 6.07) is 0.249. The fraction of sp³-hybridized carbons (Fsp3) is 0.812. The van der Waals surface area contributed by atoms with Crippen LogP contribution in [0.3, 0.4) is 0 Å². The monoisotopic (exact) mass is 343 g/mol. The molecule has 8 nitrogen and oxygen atoms in total. The first-order chi connectivity index (χ1) is 11.4. The number of cyclic esters (lactones) is 2. The Morgan fingerprint density at radius 1 is 1.33 bits per heavy atom. The second-order valence-corrected chi connectivity index (χ2v) is 5.87. The molecule has 8 heteroatoms. The second-order valence-electron chi connectivity index (χ2n) is 5.87. The second kappa shape index (κ2) is 11.1. The lowest BCUT2D eigenvalue weighted by Crippen LogP contribution is -2.45. The van der Waals surface area contributed by atoms with E-state index in [0.717, 1.165) is 26.1 Å². The average molecular weight is 343 g/mol. The molecule has 0 saturated carbocycles. The van der Waals surface area contributed by atoms with E-state index >= 15 is 0 Å². The van der Waals surface area contributed by atoms with Gasteiger partial charge in [0.15, 0.2) is 0 Å². The predicted octanol–water partition coefficient (Wildman–Crippen LogP) is -0.375. The lowest BCUT2D eigenvalue weighted by atomic mass is 10.2. The third-order valence-electron chi connectivity index (χ3n) is 3.84. The number of nitrogens with zero attached hydrogens (tertiary/aromatic N) is 2. The van der Waals surface area contributed by atoms with E-state index in [1.807, 2.05) is 11.8 Å². The van der Waals surface area contributed by atoms with Crippen LogP contribution in [0.15, 0.2) is 0 Å². The maximum atomic E-state index is 11.5. The van der Waals surface area contributed by atoms with Gasteiger partial charge >= 0.3 is 17.9 Å². The van der Waals surface area contributed by atoms with Gasteiger partial charge in [-0.25, -0.2) is 0 Å². The van der Waals surface area contributed by atoms with E-state index in [1.165, 1.54) is 0 Å². The lowest BCUT2D eigenvalue weighted by Gasteiger charge is -2.26. The van der Waals surface area contributed by atoms with Crippen molar-refractivity contribution in [2.24, 2.45) is 0 Å². The zero-order chi connectivity index (χ0) is 17.9. The van der Waals surface area contributed by atoms with Crippen LogP contribution in [0.1, 0.15) is 27.2 Å². The average Bonchev–Trinajstić information content (AvgIpc) is 2.51. The minimum absolute atomic E-state index is 0.168. The SMILES string of the molecule is CCOC(=O)CN(CC)CCNC(C)CCN1CC(=O)OC(=O)C1. The van der Waals surface area contributed by atoms with E-state index in [9.17, 15) is 14.4 Å². The molecule has 0 bridgehead atoms. The number of ether oxygens (including phenoxy) is 2. The van der Waals surface area contributed by atoms with Crippen LogP contribution in [-0.2, 0) is 23.9 Å². The Hall–Kier alpha value is -1.51. The fourth-order valence-electron chi connectivity index (χ4n) is 2.46. The van der Waals surface area contributed by atoms with Crippen LogP contribution in [0.25, 0.3) is 0 Å². The Labute approximate surface area is 143 Å². The summed E-state index contributed by atoms with van der Waals surface area (Å²) in [5, 5.41) is 3.39. The largest absolute Gasteiger partial charge is 0.465 e. The molecule has 1 saturated heterocycles. The number of morpholine rings is 1. The quantitative estimate of drug-likeness (QED) is 0.401. The first-order valence-electron chi connectivity index (χ1n) is 8.51. The van der Waals surface area contributed by atoms with Crippen LogP contribution in [0, 0.1) is 0 Å². The zero-order valence-electron chi connectivity index (χ0n) is 14.9. The van der Waals surface area contributed by atoms with Crippen molar-refractivity contribution in [3.63, 3.8) is 0 Å². The molecule has 1 rings (SSSR count). The van der Waals surface area contributed by atoms with Gasteiger partial charge < -0.3 is 14.8 Å². The molecule has 1 heterocycles. The number of carbonyl (C=O) groups excluding carboxylic acids is 3. The molecule has 0 aromatic carbocycles. The van der Waals surface area contributed by atoms with Crippen LogP contribution < -0.4 is 5.32 Å². The van der Waals surface area contributed by atoms with Crippen LogP contribution in [-0.4, -0.2) is 86.2 Å². The van der Waals surface area contributed by atoms with Gasteiger partial charge in [-0.1, -0.05) is 6.92 Å². The number of hydrogen-bond donors (Lipinski definition) is 1. The molecule has 1 aliphatic rings. The summed E-state index contributed by atoms with van der Waals surface area (Å²) >= 11 is 0. The van der Waals surface area contributed by atoms with E-state index in [0.29, 0.717) is 19.7 Å². The highest BCUT2D eigenvalue weighted by Crippen LogP contribution is 2.02. The molecule has 0 amide bonds. The summed E-state index contributed by atoms with van der Waals surface area (Å²) in [5.41, 5.74) is 0. The molecule has 24 heavy (non-hydrogen) atoms. The van der Waals surface area contributed by atoms with Crippen molar-refractivity contribution < 1.29 is 23.9 Å². The van der Waals surface area contributed by atoms with Crippen molar-refractivity contribution in [3.8, 4) is 0 Å². The normalized spacial score (nSPS) is 17.0. The first-order valence-corrected chi connectivity index (χ1v) is 8.51. The van der Waals surface area contributed by atoms with Gasteiger partial charge in [-0.2, -0.15) is 0 Å². The van der Waals surface area contributed by atoms with Gasteiger partial charge in [-0.15, -0.1) is 0 Å². The molecule has 0 aromatic heterocycles. The van der Waals surface area contributed by atoms with E-state index in [1.54, 1.807) is 11.8 Å². The Bertz CT molecular complexity index is 414. The van der Waals surface area contributed by atoms with Crippen molar-refractivity contribution in [3.05, 3.63) is 0 Å². The Morgan fingerprint density at radius 3 is 2.58 bits per heavy atom. The molecule has 0 spiro atoms. The number of likely N-dealkylation sites (N-methyl/N-ethyl adjacent to an activating group) is 1. The molecule has 0 aromatic rings. The van der Waals surface area contributed by atoms with Crippen LogP contribution in [0.2, 0.25) is 0 Å². The van der Waals surface area contributed by atoms with Gasteiger partial charge in [0.25, 0.3) is 0 Å². The number of esters is 3. The van der Waals surface area contributed by atoms with Gasteiger partial charge in [0.05, 0.1) is 26.2 Å². The van der Waals surface area contributed by atoms with E-state index in [2.05, 4.69) is 17.0 Å². The predicted molar refractivity (Wildman–Crippen MR) is 88.4 cm³/mol. The van der Waals surface area contributed by atoms with Gasteiger partial charge in [0, 0.05) is 25.7 Å². The van der Waals surface area contributed by atoms with Gasteiger partial charge in [0.2, 0.25) is 0 Å². The maximum Gasteiger partial charge on any atom is 0.327 e. The topological polar surface area (TPSA) is 88.2 Å². The van der Waals surface area contributed by atoms with Crippen molar-refractivity contribution >= 4 is 17.9 Å². The molecule has 1 fully saturated rings. The summed E-state index contributed by atoms with van der Waals surface area (Å²) in [6.45, 7) is 9.87. The summed E-state index contributed by atoms with van der Waals surface area (Å²) < 4.78 is 9.45. The molecular formula is C16H29N3O5. The van der Waals surface area contributed by atoms with Gasteiger partial charge in [0.1, 0.15) is 0 Å². The Morgan fingerprint density at radius 2 is 2.00 bits per heavy atom. The number of hydrogen-bond acceptors (Lipinski definition) is 8. The summed E-state index contributed by atoms with van der Waals surface area (Å²) in [5.74, 6) is -1.16.